The van der Waals surface area contributed by atoms with Crippen molar-refractivity contribution in [2.75, 3.05) is 0 Å². The van der Waals surface area contributed by atoms with Crippen LogP contribution in [0.3, 0.4) is 0 Å². The summed E-state index contributed by atoms with van der Waals surface area (Å²) in [7, 11) is 0. The van der Waals surface area contributed by atoms with E-state index in [1.807, 2.05) is 65.8 Å². The summed E-state index contributed by atoms with van der Waals surface area (Å²) in [5, 5.41) is 14.0. The van der Waals surface area contributed by atoms with Gasteiger partial charge in [0.1, 0.15) is 14.8 Å². The molecule has 2 aromatic heterocycles. The fraction of sp³-hybridized carbons (Fsp3) is 0.258. The van der Waals surface area contributed by atoms with Crippen LogP contribution in [0.15, 0.2) is 78.6 Å². The average molecular weight is 720 g/mol. The summed E-state index contributed by atoms with van der Waals surface area (Å²) in [4.78, 5) is 21.0. The predicted octanol–water partition coefficient (Wildman–Crippen LogP) is 9.13. The van der Waals surface area contributed by atoms with Gasteiger partial charge in [0.15, 0.2) is 11.4 Å². The number of fused-ring (bicyclic) bond motifs is 2. The van der Waals surface area contributed by atoms with Crippen molar-refractivity contribution in [3.8, 4) is 21.1 Å². The average Bonchev–Trinajstić information content (AvgIpc) is 3.43. The fourth-order valence-electron chi connectivity index (χ4n) is 3.35. The Bertz CT molecular complexity index is 1540. The number of nitrogens with zero attached hydrogens (tertiary/aromatic N) is 2. The van der Waals surface area contributed by atoms with Gasteiger partial charge >= 0.3 is 0 Å². The first-order valence-corrected chi connectivity index (χ1v) is 13.7. The van der Waals surface area contributed by atoms with E-state index >= 15 is 0 Å². The van der Waals surface area contributed by atoms with Gasteiger partial charge in [0.05, 0.1) is 0 Å². The Hall–Kier alpha value is -2.70. The Morgan fingerprint density at radius 2 is 1.45 bits per heavy atom. The van der Waals surface area contributed by atoms with Crippen LogP contribution >= 0.6 is 22.7 Å². The molecule has 4 nitrogen and oxygen atoms in total. The van der Waals surface area contributed by atoms with E-state index in [0.717, 1.165) is 30.8 Å². The largest absolute Gasteiger partial charge is 0.512 e. The number of carbonyl (C=O) groups excluding carboxylic acids is 1. The number of aliphatic hydroxyl groups excluding tert-OH is 1. The molecule has 5 rings (SSSR count). The van der Waals surface area contributed by atoms with Crippen molar-refractivity contribution in [1.82, 2.24) is 9.97 Å². The zero-order valence-electron chi connectivity index (χ0n) is 22.3. The second-order valence-corrected chi connectivity index (χ2v) is 13.1. The van der Waals surface area contributed by atoms with E-state index in [-0.39, 0.29) is 37.1 Å². The monoisotopic (exact) mass is 720 g/mol. The minimum absolute atomic E-state index is 0. The van der Waals surface area contributed by atoms with Crippen molar-refractivity contribution in [3.05, 3.63) is 84.6 Å². The minimum Gasteiger partial charge on any atom is -0.512 e. The summed E-state index contributed by atoms with van der Waals surface area (Å²) in [6, 6.07) is 26.0. The standard InChI is InChI=1S/C20H11N2S2.C11H20O2.Ir/c1-2-8-14(9-3-1)18-21-17-20(23-18)24-19(22-17)16-12-6-10-13-7-4-5-11-15(13)16;1-10(2,3)8(12)7-9(13)11(4,5)6;/h1-11H;7,12H,1-6H3;/q-1;;/b;8-7-;. The zero-order chi connectivity index (χ0) is 26.8. The third-order valence-electron chi connectivity index (χ3n) is 5.71. The van der Waals surface area contributed by atoms with Crippen LogP contribution in [0, 0.1) is 16.9 Å². The van der Waals surface area contributed by atoms with E-state index in [4.69, 9.17) is 9.97 Å². The summed E-state index contributed by atoms with van der Waals surface area (Å²) in [5.41, 5.74) is 2.27. The molecule has 0 fully saturated rings. The molecule has 0 bridgehead atoms. The van der Waals surface area contributed by atoms with Gasteiger partial charge in [-0.3, -0.25) is 9.78 Å². The van der Waals surface area contributed by atoms with Crippen LogP contribution in [0.5, 0.6) is 0 Å². The maximum absolute atomic E-state index is 11.5. The van der Waals surface area contributed by atoms with Crippen LogP contribution in [0.1, 0.15) is 41.5 Å². The van der Waals surface area contributed by atoms with Crippen LogP contribution in [-0.4, -0.2) is 20.9 Å². The Morgan fingerprint density at radius 3 is 2.08 bits per heavy atom. The van der Waals surface area contributed by atoms with Crippen LogP contribution in [0.2, 0.25) is 0 Å². The van der Waals surface area contributed by atoms with E-state index in [9.17, 15) is 9.90 Å². The van der Waals surface area contributed by atoms with Crippen molar-refractivity contribution in [3.63, 3.8) is 0 Å². The molecule has 7 heteroatoms. The van der Waals surface area contributed by atoms with E-state index < -0.39 is 5.41 Å². The molecule has 0 spiro atoms. The normalized spacial score (nSPS) is 12.1. The van der Waals surface area contributed by atoms with Crippen molar-refractivity contribution >= 4 is 48.9 Å². The molecule has 0 aliphatic carbocycles. The van der Waals surface area contributed by atoms with E-state index in [1.165, 1.54) is 16.8 Å². The molecule has 0 unspecified atom stereocenters. The molecular formula is C31H31IrN2O2S2-. The summed E-state index contributed by atoms with van der Waals surface area (Å²) in [6.07, 6.45) is 1.33. The molecule has 38 heavy (non-hydrogen) atoms. The number of benzene rings is 3. The van der Waals surface area contributed by atoms with Crippen LogP contribution < -0.4 is 0 Å². The number of hydrogen-bond acceptors (Lipinski definition) is 6. The molecule has 0 amide bonds. The summed E-state index contributed by atoms with van der Waals surface area (Å²) >= 11 is 3.40. The first kappa shape index (κ1) is 29.8. The van der Waals surface area contributed by atoms with E-state index in [1.54, 1.807) is 22.7 Å². The summed E-state index contributed by atoms with van der Waals surface area (Å²) in [5.74, 6) is 0.104. The molecule has 0 saturated heterocycles. The van der Waals surface area contributed by atoms with Gasteiger partial charge in [-0.25, -0.2) is 4.98 Å². The van der Waals surface area contributed by atoms with Crippen molar-refractivity contribution in [2.45, 2.75) is 41.5 Å². The molecule has 1 N–H and O–H groups in total. The fourth-order valence-corrected chi connectivity index (χ4v) is 5.50. The minimum atomic E-state index is -0.417. The number of thiazole rings is 2. The molecule has 3 aromatic carbocycles. The van der Waals surface area contributed by atoms with Crippen molar-refractivity contribution in [1.29, 1.82) is 0 Å². The molecule has 2 heterocycles. The number of ketones is 1. The van der Waals surface area contributed by atoms with Gasteiger partial charge in [-0.1, -0.05) is 102 Å². The Morgan fingerprint density at radius 1 is 0.842 bits per heavy atom. The predicted molar refractivity (Wildman–Crippen MR) is 157 cm³/mol. The van der Waals surface area contributed by atoms with Gasteiger partial charge in [-0.05, 0) is 0 Å². The summed E-state index contributed by atoms with van der Waals surface area (Å²) < 4.78 is 1.16. The molecule has 0 atom stereocenters. The maximum atomic E-state index is 11.5. The van der Waals surface area contributed by atoms with E-state index in [0.29, 0.717) is 0 Å². The smallest absolute Gasteiger partial charge is 0.172 e. The topological polar surface area (TPSA) is 63.1 Å². The van der Waals surface area contributed by atoms with Crippen molar-refractivity contribution in [2.24, 2.45) is 10.8 Å². The second kappa shape index (κ2) is 12.0. The molecule has 0 aliphatic rings. The van der Waals surface area contributed by atoms with Crippen LogP contribution in [0.4, 0.5) is 0 Å². The molecule has 199 valence electrons. The zero-order valence-corrected chi connectivity index (χ0v) is 26.4. The van der Waals surface area contributed by atoms with Crippen LogP contribution in [0.25, 0.3) is 41.6 Å². The Labute approximate surface area is 245 Å². The molecule has 0 aliphatic heterocycles. The molecular weight excluding hydrogens is 689 g/mol. The molecule has 0 saturated carbocycles. The van der Waals surface area contributed by atoms with Crippen molar-refractivity contribution < 1.29 is 30.0 Å². The van der Waals surface area contributed by atoms with Gasteiger partial charge in [-0.2, -0.15) is 11.3 Å². The number of hydrogen-bond donors (Lipinski definition) is 1. The summed E-state index contributed by atoms with van der Waals surface area (Å²) in [6.45, 7) is 11.1. The van der Waals surface area contributed by atoms with Gasteiger partial charge in [0.25, 0.3) is 0 Å². The SMILES string of the molecule is CC(C)(C)C(=O)/C=C(\O)C(C)(C)C.[Ir].[c-]1ccc2ccccc2c1-c1nc2nc(-c3ccccc3)sc2s1. The quantitative estimate of drug-likeness (QED) is 0.115. The Balaban J connectivity index is 0.000000248. The number of aromatic nitrogens is 2. The molecule has 1 radical (unpaired) electrons. The first-order chi connectivity index (χ1) is 17.4. The maximum Gasteiger partial charge on any atom is 0.172 e. The first-order valence-electron chi connectivity index (χ1n) is 12.1. The number of rotatable bonds is 3. The number of aliphatic hydroxyl groups is 1. The van der Waals surface area contributed by atoms with Gasteiger partial charge < -0.3 is 5.11 Å². The Kier molecular flexibility index (Phi) is 9.43. The second-order valence-electron chi connectivity index (χ2n) is 10.8. The number of allylic oxidation sites excluding steroid dienone is 2. The van der Waals surface area contributed by atoms with Gasteiger partial charge in [0, 0.05) is 47.6 Å². The van der Waals surface area contributed by atoms with E-state index in [2.05, 4.69) is 48.5 Å². The van der Waals surface area contributed by atoms with Crippen LogP contribution in [-0.2, 0) is 24.9 Å². The third-order valence-corrected chi connectivity index (χ3v) is 7.95. The number of carbonyl (C=O) groups is 1. The molecule has 5 aromatic rings. The third kappa shape index (κ3) is 7.03. The van der Waals surface area contributed by atoms with Gasteiger partial charge in [-0.15, -0.1) is 40.5 Å². The van der Waals surface area contributed by atoms with Gasteiger partial charge in [0.2, 0.25) is 0 Å².